The number of imidazole rings is 1. The molecule has 3 aromatic heterocycles. The molecule has 0 aliphatic carbocycles. The number of fused-ring (bicyclic) bond motifs is 1. The molecule has 2 N–H and O–H groups in total. The van der Waals surface area contributed by atoms with Crippen molar-refractivity contribution in [2.45, 2.75) is 6.92 Å². The number of methoxy groups -OCH3 is 1. The number of aldehydes is 1. The van der Waals surface area contributed by atoms with E-state index in [0.717, 1.165) is 44.7 Å². The predicted octanol–water partition coefficient (Wildman–Crippen LogP) is 4.77. The van der Waals surface area contributed by atoms with Crippen molar-refractivity contribution in [3.63, 3.8) is 0 Å². The van der Waals surface area contributed by atoms with Crippen molar-refractivity contribution in [2.24, 2.45) is 5.73 Å². The SMILES string of the molecule is COc1cc(-n2c(-c3ccc(-n4ccnc4)cc3C)cc3sc(C=O)cc32)ccc1C(N)=O. The normalized spacial score (nSPS) is 11.1. The highest BCUT2D eigenvalue weighted by atomic mass is 32.1. The third-order valence-electron chi connectivity index (χ3n) is 5.62. The van der Waals surface area contributed by atoms with E-state index in [2.05, 4.69) is 34.7 Å². The van der Waals surface area contributed by atoms with E-state index in [1.807, 2.05) is 29.0 Å². The second-order valence-corrected chi connectivity index (χ2v) is 8.71. The van der Waals surface area contributed by atoms with E-state index in [9.17, 15) is 9.59 Å². The van der Waals surface area contributed by atoms with Crippen molar-refractivity contribution in [1.82, 2.24) is 14.1 Å². The van der Waals surface area contributed by atoms with Crippen molar-refractivity contribution in [1.29, 1.82) is 0 Å². The standard InChI is InChI=1S/C25H20N4O3S/c1-15-9-16(28-8-7-27-14-28)3-5-19(15)21-12-24-22(11-18(13-30)33-24)29(21)17-4-6-20(25(26)31)23(10-17)32-2/h3-14H,1-2H3,(H2,26,31). The number of hydrogen-bond acceptors (Lipinski definition) is 5. The van der Waals surface area contributed by atoms with E-state index in [0.29, 0.717) is 16.2 Å². The van der Waals surface area contributed by atoms with Crippen LogP contribution in [0.1, 0.15) is 25.6 Å². The number of nitrogens with two attached hydrogens (primary N) is 1. The average molecular weight is 457 g/mol. The first-order valence-corrected chi connectivity index (χ1v) is 11.0. The summed E-state index contributed by atoms with van der Waals surface area (Å²) in [5.41, 5.74) is 11.6. The van der Waals surface area contributed by atoms with Gasteiger partial charge in [-0.05, 0) is 48.9 Å². The Hall–Kier alpha value is -4.17. The van der Waals surface area contributed by atoms with Crippen LogP contribution < -0.4 is 10.5 Å². The lowest BCUT2D eigenvalue weighted by Crippen LogP contribution is -2.12. The third kappa shape index (κ3) is 3.50. The molecule has 2 aromatic carbocycles. The molecule has 0 aliphatic heterocycles. The van der Waals surface area contributed by atoms with E-state index < -0.39 is 5.91 Å². The van der Waals surface area contributed by atoms with E-state index in [1.54, 1.807) is 24.7 Å². The van der Waals surface area contributed by atoms with E-state index >= 15 is 0 Å². The van der Waals surface area contributed by atoms with Crippen LogP contribution in [0, 0.1) is 6.92 Å². The lowest BCUT2D eigenvalue weighted by molar-refractivity contribution is 0.0997. The molecule has 1 amide bonds. The molecule has 164 valence electrons. The maximum atomic E-state index is 11.8. The summed E-state index contributed by atoms with van der Waals surface area (Å²) < 4.78 is 10.5. The smallest absolute Gasteiger partial charge is 0.252 e. The summed E-state index contributed by atoms with van der Waals surface area (Å²) in [6, 6.07) is 15.5. The number of hydrogen-bond donors (Lipinski definition) is 1. The molecule has 8 heteroatoms. The molecule has 33 heavy (non-hydrogen) atoms. The first kappa shape index (κ1) is 20.7. The highest BCUT2D eigenvalue weighted by Gasteiger charge is 2.19. The molecule has 5 aromatic rings. The number of carbonyl (C=O) groups is 2. The van der Waals surface area contributed by atoms with Crippen LogP contribution in [0.3, 0.4) is 0 Å². The van der Waals surface area contributed by atoms with E-state index in [-0.39, 0.29) is 0 Å². The molecule has 0 bridgehead atoms. The monoisotopic (exact) mass is 456 g/mol. The largest absolute Gasteiger partial charge is 0.496 e. The van der Waals surface area contributed by atoms with Gasteiger partial charge < -0.3 is 19.6 Å². The molecule has 0 saturated carbocycles. The number of primary amides is 1. The number of benzene rings is 2. The van der Waals surface area contributed by atoms with Gasteiger partial charge in [0.25, 0.3) is 5.91 Å². The minimum atomic E-state index is -0.555. The fourth-order valence-corrected chi connectivity index (χ4v) is 4.97. The molecule has 5 rings (SSSR count). The van der Waals surface area contributed by atoms with Gasteiger partial charge >= 0.3 is 0 Å². The van der Waals surface area contributed by atoms with Crippen LogP contribution in [0.4, 0.5) is 0 Å². The fourth-order valence-electron chi connectivity index (χ4n) is 4.08. The highest BCUT2D eigenvalue weighted by Crippen LogP contribution is 2.38. The van der Waals surface area contributed by atoms with Crippen molar-refractivity contribution in [3.8, 4) is 28.4 Å². The summed E-state index contributed by atoms with van der Waals surface area (Å²) in [5.74, 6) is -0.160. The number of ether oxygens (including phenoxy) is 1. The minimum Gasteiger partial charge on any atom is -0.496 e. The molecule has 0 fully saturated rings. The number of amides is 1. The van der Waals surface area contributed by atoms with Crippen molar-refractivity contribution in [2.75, 3.05) is 7.11 Å². The van der Waals surface area contributed by atoms with Crippen LogP contribution >= 0.6 is 11.3 Å². The predicted molar refractivity (Wildman–Crippen MR) is 129 cm³/mol. The van der Waals surface area contributed by atoms with Crippen molar-refractivity contribution >= 4 is 33.7 Å². The van der Waals surface area contributed by atoms with Gasteiger partial charge in [0.2, 0.25) is 0 Å². The lowest BCUT2D eigenvalue weighted by atomic mass is 10.0. The van der Waals surface area contributed by atoms with Crippen LogP contribution in [0.5, 0.6) is 5.75 Å². The molecule has 0 spiro atoms. The fraction of sp³-hybridized carbons (Fsp3) is 0.0800. The highest BCUT2D eigenvalue weighted by molar-refractivity contribution is 7.20. The molecule has 7 nitrogen and oxygen atoms in total. The van der Waals surface area contributed by atoms with Gasteiger partial charge in [0.05, 0.1) is 39.8 Å². The van der Waals surface area contributed by atoms with Gasteiger partial charge in [-0.3, -0.25) is 9.59 Å². The second kappa shape index (κ2) is 8.07. The average Bonchev–Trinajstić information content (AvgIpc) is 3.54. The van der Waals surface area contributed by atoms with Gasteiger partial charge in [-0.15, -0.1) is 11.3 Å². The van der Waals surface area contributed by atoms with Gasteiger partial charge in [0, 0.05) is 35.4 Å². The summed E-state index contributed by atoms with van der Waals surface area (Å²) in [7, 11) is 1.51. The molecule has 0 aliphatic rings. The Morgan fingerprint density at radius 1 is 1.12 bits per heavy atom. The summed E-state index contributed by atoms with van der Waals surface area (Å²) in [5, 5.41) is 0. The first-order valence-electron chi connectivity index (χ1n) is 10.2. The van der Waals surface area contributed by atoms with Crippen molar-refractivity contribution in [3.05, 3.63) is 83.3 Å². The topological polar surface area (TPSA) is 92.1 Å². The van der Waals surface area contributed by atoms with Crippen LogP contribution in [0.25, 0.3) is 32.8 Å². The first-order chi connectivity index (χ1) is 16.0. The Balaban J connectivity index is 1.73. The zero-order valence-corrected chi connectivity index (χ0v) is 18.8. The number of rotatable bonds is 6. The molecule has 3 heterocycles. The molecule has 0 atom stereocenters. The van der Waals surface area contributed by atoms with E-state index in [4.69, 9.17) is 10.5 Å². The number of nitrogens with zero attached hydrogens (tertiary/aromatic N) is 3. The third-order valence-corrected chi connectivity index (χ3v) is 6.62. The van der Waals surface area contributed by atoms with Gasteiger partial charge in [-0.2, -0.15) is 0 Å². The van der Waals surface area contributed by atoms with Gasteiger partial charge in [-0.1, -0.05) is 6.07 Å². The summed E-state index contributed by atoms with van der Waals surface area (Å²) in [6.45, 7) is 2.06. The quantitative estimate of drug-likeness (QED) is 0.373. The minimum absolute atomic E-state index is 0.311. The summed E-state index contributed by atoms with van der Waals surface area (Å²) in [4.78, 5) is 28.0. The zero-order chi connectivity index (χ0) is 23.1. The second-order valence-electron chi connectivity index (χ2n) is 7.60. The lowest BCUT2D eigenvalue weighted by Gasteiger charge is -2.15. The Morgan fingerprint density at radius 2 is 1.94 bits per heavy atom. The van der Waals surface area contributed by atoms with Gasteiger partial charge in [0.1, 0.15) is 5.75 Å². The maximum absolute atomic E-state index is 11.8. The molecular formula is C25H20N4O3S. The molecular weight excluding hydrogens is 436 g/mol. The van der Waals surface area contributed by atoms with Crippen LogP contribution in [-0.2, 0) is 0 Å². The van der Waals surface area contributed by atoms with Crippen molar-refractivity contribution < 1.29 is 14.3 Å². The summed E-state index contributed by atoms with van der Waals surface area (Å²) >= 11 is 1.44. The Morgan fingerprint density at radius 3 is 2.61 bits per heavy atom. The Kier molecular flexibility index (Phi) is 5.07. The summed E-state index contributed by atoms with van der Waals surface area (Å²) in [6.07, 6.45) is 6.27. The Labute approximate surface area is 193 Å². The number of carbonyl (C=O) groups excluding carboxylic acids is 2. The maximum Gasteiger partial charge on any atom is 0.252 e. The van der Waals surface area contributed by atoms with Gasteiger partial charge in [0.15, 0.2) is 6.29 Å². The molecule has 0 unspecified atom stereocenters. The molecule has 0 radical (unpaired) electrons. The number of aromatic nitrogens is 3. The van der Waals surface area contributed by atoms with Crippen LogP contribution in [0.15, 0.2) is 67.3 Å². The van der Waals surface area contributed by atoms with Crippen LogP contribution in [0.2, 0.25) is 0 Å². The number of thiophene rings is 1. The van der Waals surface area contributed by atoms with E-state index in [1.165, 1.54) is 18.4 Å². The van der Waals surface area contributed by atoms with Gasteiger partial charge in [-0.25, -0.2) is 4.98 Å². The molecule has 0 saturated heterocycles. The van der Waals surface area contributed by atoms with Crippen LogP contribution in [-0.4, -0.2) is 33.4 Å². The Bertz CT molecular complexity index is 1510. The zero-order valence-electron chi connectivity index (χ0n) is 18.0. The number of aryl methyl sites for hydroxylation is 1.